The van der Waals surface area contributed by atoms with E-state index in [-0.39, 0.29) is 6.17 Å². The largest absolute Gasteiger partial charge is 0.476 e. The molecule has 1 aromatic rings. The van der Waals surface area contributed by atoms with Crippen molar-refractivity contribution in [1.29, 1.82) is 0 Å². The van der Waals surface area contributed by atoms with Crippen molar-refractivity contribution in [3.05, 3.63) is 29.8 Å². The summed E-state index contributed by atoms with van der Waals surface area (Å²) in [5.41, 5.74) is 8.49. The highest BCUT2D eigenvalue weighted by Gasteiger charge is 2.23. The fraction of sp³-hybridized carbons (Fsp3) is 0.533. The Kier molecular flexibility index (Phi) is 3.42. The van der Waals surface area contributed by atoms with Crippen molar-refractivity contribution in [3.63, 3.8) is 0 Å². The van der Waals surface area contributed by atoms with Crippen molar-refractivity contribution in [2.45, 2.75) is 25.9 Å². The van der Waals surface area contributed by atoms with E-state index in [4.69, 9.17) is 10.5 Å². The first kappa shape index (κ1) is 12.5. The zero-order valence-electron chi connectivity index (χ0n) is 11.4. The molecule has 2 unspecified atom stereocenters. The summed E-state index contributed by atoms with van der Waals surface area (Å²) in [6.45, 7) is 4.78. The van der Waals surface area contributed by atoms with Crippen molar-refractivity contribution < 1.29 is 4.74 Å². The van der Waals surface area contributed by atoms with Crippen molar-refractivity contribution in [2.24, 2.45) is 16.6 Å². The number of anilines is 1. The average Bonchev–Trinajstić information content (AvgIpc) is 2.93. The predicted molar refractivity (Wildman–Crippen MR) is 77.5 cm³/mol. The van der Waals surface area contributed by atoms with E-state index in [1.54, 1.807) is 0 Å². The number of aliphatic imine (C=N–C) groups is 1. The van der Waals surface area contributed by atoms with Gasteiger partial charge in [0.05, 0.1) is 12.7 Å². The first-order valence-electron chi connectivity index (χ1n) is 7.04. The molecule has 3 rings (SSSR count). The molecule has 0 radical (unpaired) electrons. The number of hydrogen-bond donors (Lipinski definition) is 1. The monoisotopic (exact) mass is 259 g/mol. The van der Waals surface area contributed by atoms with Crippen LogP contribution in [0, 0.1) is 5.92 Å². The summed E-state index contributed by atoms with van der Waals surface area (Å²) in [5.74, 6) is 1.50. The molecule has 0 saturated carbocycles. The maximum atomic E-state index is 6.24. The highest BCUT2D eigenvalue weighted by atomic mass is 16.5. The molecule has 0 spiro atoms. The Morgan fingerprint density at radius 2 is 2.11 bits per heavy atom. The van der Waals surface area contributed by atoms with Gasteiger partial charge in [0.1, 0.15) is 6.61 Å². The third kappa shape index (κ3) is 2.59. The second-order valence-corrected chi connectivity index (χ2v) is 5.47. The van der Waals surface area contributed by atoms with Gasteiger partial charge in [-0.05, 0) is 43.0 Å². The van der Waals surface area contributed by atoms with E-state index in [0.717, 1.165) is 36.9 Å². The van der Waals surface area contributed by atoms with E-state index in [2.05, 4.69) is 41.1 Å². The van der Waals surface area contributed by atoms with Crippen molar-refractivity contribution in [1.82, 2.24) is 0 Å². The second-order valence-electron chi connectivity index (χ2n) is 5.47. The number of nitrogens with two attached hydrogens (primary N) is 1. The molecular formula is C15H21N3O. The number of rotatable bonds is 2. The van der Waals surface area contributed by atoms with E-state index in [1.807, 2.05) is 0 Å². The summed E-state index contributed by atoms with van der Waals surface area (Å²) in [6.07, 6.45) is 2.41. The molecule has 0 aliphatic carbocycles. The Morgan fingerprint density at radius 1 is 1.32 bits per heavy atom. The van der Waals surface area contributed by atoms with Gasteiger partial charge < -0.3 is 15.4 Å². The minimum Gasteiger partial charge on any atom is -0.476 e. The Bertz CT molecular complexity index is 469. The van der Waals surface area contributed by atoms with E-state index >= 15 is 0 Å². The summed E-state index contributed by atoms with van der Waals surface area (Å²) in [5, 5.41) is 0. The van der Waals surface area contributed by atoms with Crippen LogP contribution in [-0.2, 0) is 4.74 Å². The maximum Gasteiger partial charge on any atom is 0.216 e. The number of nitrogens with zero attached hydrogens (tertiary/aromatic N) is 2. The molecule has 2 N–H and O–H groups in total. The lowest BCUT2D eigenvalue weighted by atomic mass is 9.96. The highest BCUT2D eigenvalue weighted by Crippen LogP contribution is 2.26. The van der Waals surface area contributed by atoms with Crippen LogP contribution >= 0.6 is 0 Å². The molecular weight excluding hydrogens is 238 g/mol. The van der Waals surface area contributed by atoms with Gasteiger partial charge >= 0.3 is 0 Å². The number of benzene rings is 1. The molecule has 2 aliphatic rings. The molecule has 2 atom stereocenters. The predicted octanol–water partition coefficient (Wildman–Crippen LogP) is 1.98. The first-order chi connectivity index (χ1) is 9.24. The van der Waals surface area contributed by atoms with Crippen LogP contribution in [0.1, 0.15) is 25.3 Å². The normalized spacial score (nSPS) is 27.1. The Hall–Kier alpha value is -1.55. The SMILES string of the molecule is CC1CCN(c2ccc(C3=NCCO3)cc2)C(N)C1. The van der Waals surface area contributed by atoms with Gasteiger partial charge in [0.25, 0.3) is 0 Å². The molecule has 0 amide bonds. The van der Waals surface area contributed by atoms with Crippen LogP contribution < -0.4 is 10.6 Å². The Morgan fingerprint density at radius 3 is 2.74 bits per heavy atom. The van der Waals surface area contributed by atoms with E-state index < -0.39 is 0 Å². The second kappa shape index (κ2) is 5.21. The number of hydrogen-bond acceptors (Lipinski definition) is 4. The number of piperidine rings is 1. The summed E-state index contributed by atoms with van der Waals surface area (Å²) in [6, 6.07) is 8.39. The van der Waals surface area contributed by atoms with Gasteiger partial charge in [0, 0.05) is 17.8 Å². The molecule has 1 fully saturated rings. The lowest BCUT2D eigenvalue weighted by Gasteiger charge is -2.38. The smallest absolute Gasteiger partial charge is 0.216 e. The van der Waals surface area contributed by atoms with Gasteiger partial charge in [0.2, 0.25) is 5.90 Å². The van der Waals surface area contributed by atoms with Gasteiger partial charge in [-0.1, -0.05) is 6.92 Å². The summed E-state index contributed by atoms with van der Waals surface area (Å²) in [7, 11) is 0. The van der Waals surface area contributed by atoms with Gasteiger partial charge in [-0.3, -0.25) is 0 Å². The lowest BCUT2D eigenvalue weighted by molar-refractivity contribution is 0.348. The zero-order valence-corrected chi connectivity index (χ0v) is 11.4. The third-order valence-electron chi connectivity index (χ3n) is 3.94. The van der Waals surface area contributed by atoms with Crippen LogP contribution in [0.2, 0.25) is 0 Å². The quantitative estimate of drug-likeness (QED) is 0.883. The van der Waals surface area contributed by atoms with E-state index in [0.29, 0.717) is 6.61 Å². The van der Waals surface area contributed by atoms with Gasteiger partial charge in [0.15, 0.2) is 0 Å². The van der Waals surface area contributed by atoms with Crippen molar-refractivity contribution in [2.75, 3.05) is 24.6 Å². The summed E-state index contributed by atoms with van der Waals surface area (Å²) < 4.78 is 5.47. The zero-order chi connectivity index (χ0) is 13.2. The van der Waals surface area contributed by atoms with Gasteiger partial charge in [-0.25, -0.2) is 4.99 Å². The molecule has 1 saturated heterocycles. The number of ether oxygens (including phenoxy) is 1. The fourth-order valence-electron chi connectivity index (χ4n) is 2.81. The van der Waals surface area contributed by atoms with E-state index in [1.165, 1.54) is 12.1 Å². The van der Waals surface area contributed by atoms with Crippen LogP contribution in [0.4, 0.5) is 5.69 Å². The summed E-state index contributed by atoms with van der Waals surface area (Å²) >= 11 is 0. The molecule has 2 heterocycles. The van der Waals surface area contributed by atoms with Crippen LogP contribution in [0.15, 0.2) is 29.3 Å². The van der Waals surface area contributed by atoms with Crippen LogP contribution in [0.3, 0.4) is 0 Å². The highest BCUT2D eigenvalue weighted by molar-refractivity contribution is 5.95. The fourth-order valence-corrected chi connectivity index (χ4v) is 2.81. The van der Waals surface area contributed by atoms with Crippen LogP contribution in [0.25, 0.3) is 0 Å². The standard InChI is InChI=1S/C15H21N3O/c1-11-6-8-18(14(16)10-11)13-4-2-12(3-5-13)15-17-7-9-19-15/h2-5,11,14H,6-10,16H2,1H3. The molecule has 1 aromatic carbocycles. The summed E-state index contributed by atoms with van der Waals surface area (Å²) in [4.78, 5) is 6.62. The van der Waals surface area contributed by atoms with Crippen LogP contribution in [0.5, 0.6) is 0 Å². The molecule has 19 heavy (non-hydrogen) atoms. The molecule has 4 nitrogen and oxygen atoms in total. The van der Waals surface area contributed by atoms with Crippen LogP contribution in [-0.4, -0.2) is 31.8 Å². The minimum atomic E-state index is 0.134. The first-order valence-corrected chi connectivity index (χ1v) is 7.04. The molecule has 0 bridgehead atoms. The molecule has 4 heteroatoms. The Labute approximate surface area is 114 Å². The van der Waals surface area contributed by atoms with Crippen molar-refractivity contribution in [3.8, 4) is 0 Å². The van der Waals surface area contributed by atoms with Gasteiger partial charge in [-0.2, -0.15) is 0 Å². The minimum absolute atomic E-state index is 0.134. The third-order valence-corrected chi connectivity index (χ3v) is 3.94. The Balaban J connectivity index is 1.75. The molecule has 102 valence electrons. The molecule has 2 aliphatic heterocycles. The topological polar surface area (TPSA) is 50.8 Å². The average molecular weight is 259 g/mol. The van der Waals surface area contributed by atoms with Crippen molar-refractivity contribution >= 4 is 11.6 Å². The maximum absolute atomic E-state index is 6.24. The lowest BCUT2D eigenvalue weighted by Crippen LogP contribution is -2.47. The molecule has 0 aromatic heterocycles. The van der Waals surface area contributed by atoms with Gasteiger partial charge in [-0.15, -0.1) is 0 Å². The van der Waals surface area contributed by atoms with E-state index in [9.17, 15) is 0 Å².